The summed E-state index contributed by atoms with van der Waals surface area (Å²) >= 11 is 3.43. The van der Waals surface area contributed by atoms with Crippen molar-refractivity contribution in [3.05, 3.63) is 34.3 Å². The number of carbonyl (C=O) groups excluding carboxylic acids is 1. The van der Waals surface area contributed by atoms with Crippen molar-refractivity contribution in [3.8, 4) is 0 Å². The number of benzene rings is 1. The number of rotatable bonds is 2. The van der Waals surface area contributed by atoms with E-state index in [9.17, 15) is 4.79 Å². The number of hydrogen-bond acceptors (Lipinski definition) is 2. The molecule has 84 valence electrons. The van der Waals surface area contributed by atoms with Crippen LogP contribution in [0.5, 0.6) is 0 Å². The van der Waals surface area contributed by atoms with Gasteiger partial charge >= 0.3 is 0 Å². The molecule has 0 spiro atoms. The van der Waals surface area contributed by atoms with E-state index in [2.05, 4.69) is 22.0 Å². The molecule has 3 rings (SSSR count). The van der Waals surface area contributed by atoms with Gasteiger partial charge in [0.25, 0.3) is 0 Å². The van der Waals surface area contributed by atoms with Crippen LogP contribution in [-0.2, 0) is 11.3 Å². The Morgan fingerprint density at radius 1 is 1.50 bits per heavy atom. The molecule has 4 heteroatoms. The van der Waals surface area contributed by atoms with Crippen molar-refractivity contribution in [1.29, 1.82) is 0 Å². The molecule has 2 aliphatic rings. The van der Waals surface area contributed by atoms with E-state index in [1.165, 1.54) is 0 Å². The minimum atomic E-state index is 0.118. The minimum absolute atomic E-state index is 0.118. The van der Waals surface area contributed by atoms with Crippen molar-refractivity contribution in [2.45, 2.75) is 12.6 Å². The highest BCUT2D eigenvalue weighted by atomic mass is 79.9. The topological polar surface area (TPSA) is 46.3 Å². The fraction of sp³-hybridized carbons (Fsp3) is 0.417. The summed E-state index contributed by atoms with van der Waals surface area (Å²) < 4.78 is 1.05. The van der Waals surface area contributed by atoms with Crippen molar-refractivity contribution in [2.24, 2.45) is 17.6 Å². The first-order valence-corrected chi connectivity index (χ1v) is 6.25. The van der Waals surface area contributed by atoms with Crippen LogP contribution in [0, 0.1) is 11.8 Å². The lowest BCUT2D eigenvalue weighted by Gasteiger charge is -2.19. The number of likely N-dealkylation sites (tertiary alicyclic amines) is 1. The van der Waals surface area contributed by atoms with Gasteiger partial charge < -0.3 is 10.6 Å². The third-order valence-corrected chi connectivity index (χ3v) is 4.01. The number of nitrogens with two attached hydrogens (primary N) is 1. The SMILES string of the molecule is NC1C2CN(Cc3cccc(Br)c3)C(=O)C12. The monoisotopic (exact) mass is 280 g/mol. The van der Waals surface area contributed by atoms with Crippen molar-refractivity contribution < 1.29 is 4.79 Å². The van der Waals surface area contributed by atoms with E-state index in [1.807, 2.05) is 23.1 Å². The summed E-state index contributed by atoms with van der Waals surface area (Å²) in [5.41, 5.74) is 6.95. The van der Waals surface area contributed by atoms with Crippen molar-refractivity contribution in [3.63, 3.8) is 0 Å². The average Bonchev–Trinajstić information content (AvgIpc) is 2.73. The van der Waals surface area contributed by atoms with Crippen LogP contribution in [0.25, 0.3) is 0 Å². The molecule has 2 N–H and O–H groups in total. The van der Waals surface area contributed by atoms with E-state index >= 15 is 0 Å². The Morgan fingerprint density at radius 3 is 2.94 bits per heavy atom. The maximum atomic E-state index is 11.9. The lowest BCUT2D eigenvalue weighted by molar-refractivity contribution is -0.130. The molecule has 1 saturated heterocycles. The van der Waals surface area contributed by atoms with Gasteiger partial charge in [0.15, 0.2) is 0 Å². The smallest absolute Gasteiger partial charge is 0.227 e. The summed E-state index contributed by atoms with van der Waals surface area (Å²) in [6, 6.07) is 8.21. The molecule has 1 aliphatic carbocycles. The van der Waals surface area contributed by atoms with Crippen LogP contribution in [0.3, 0.4) is 0 Å². The summed E-state index contributed by atoms with van der Waals surface area (Å²) in [4.78, 5) is 13.8. The summed E-state index contributed by atoms with van der Waals surface area (Å²) in [6.07, 6.45) is 0. The highest BCUT2D eigenvalue weighted by molar-refractivity contribution is 9.10. The molecule has 1 amide bonds. The second kappa shape index (κ2) is 3.57. The van der Waals surface area contributed by atoms with Crippen LogP contribution in [0.2, 0.25) is 0 Å². The molecule has 1 heterocycles. The normalized spacial score (nSPS) is 31.8. The van der Waals surface area contributed by atoms with Gasteiger partial charge in [-0.25, -0.2) is 0 Å². The second-order valence-corrected chi connectivity index (χ2v) is 5.53. The predicted molar refractivity (Wildman–Crippen MR) is 64.5 cm³/mol. The molecule has 3 nitrogen and oxygen atoms in total. The summed E-state index contributed by atoms with van der Waals surface area (Å²) in [6.45, 7) is 1.54. The Kier molecular flexibility index (Phi) is 2.30. The van der Waals surface area contributed by atoms with Gasteiger partial charge in [0.2, 0.25) is 5.91 Å². The molecule has 1 aromatic rings. The van der Waals surface area contributed by atoms with E-state index in [1.54, 1.807) is 0 Å². The Bertz CT molecular complexity index is 448. The number of carbonyl (C=O) groups is 1. The first-order valence-electron chi connectivity index (χ1n) is 5.45. The minimum Gasteiger partial charge on any atom is -0.338 e. The van der Waals surface area contributed by atoms with Crippen molar-refractivity contribution in [2.75, 3.05) is 6.54 Å². The largest absolute Gasteiger partial charge is 0.338 e. The van der Waals surface area contributed by atoms with Gasteiger partial charge in [0, 0.05) is 29.5 Å². The standard InChI is InChI=1S/C12H13BrN2O/c13-8-3-1-2-7(4-8)5-15-6-9-10(11(9)14)12(15)16/h1-4,9-11H,5-6,14H2. The lowest BCUT2D eigenvalue weighted by Crippen LogP contribution is -2.32. The third kappa shape index (κ3) is 1.57. The molecule has 1 aliphatic heterocycles. The highest BCUT2D eigenvalue weighted by Gasteiger charge is 2.59. The highest BCUT2D eigenvalue weighted by Crippen LogP contribution is 2.45. The number of fused-ring (bicyclic) bond motifs is 1. The van der Waals surface area contributed by atoms with Crippen LogP contribution in [0.15, 0.2) is 28.7 Å². The van der Waals surface area contributed by atoms with E-state index in [0.717, 1.165) is 16.6 Å². The number of piperidine rings is 1. The van der Waals surface area contributed by atoms with Crippen LogP contribution < -0.4 is 5.73 Å². The molecule has 0 radical (unpaired) electrons. The number of halogens is 1. The maximum absolute atomic E-state index is 11.9. The Balaban J connectivity index is 1.71. The Hall–Kier alpha value is -0.870. The molecular formula is C12H13BrN2O. The molecule has 3 atom stereocenters. The average molecular weight is 281 g/mol. The summed E-state index contributed by atoms with van der Waals surface area (Å²) in [7, 11) is 0. The van der Waals surface area contributed by atoms with E-state index < -0.39 is 0 Å². The first kappa shape index (κ1) is 10.3. The zero-order valence-electron chi connectivity index (χ0n) is 8.77. The quantitative estimate of drug-likeness (QED) is 0.889. The molecule has 16 heavy (non-hydrogen) atoms. The first-order chi connectivity index (χ1) is 7.66. The van der Waals surface area contributed by atoms with Gasteiger partial charge in [-0.15, -0.1) is 0 Å². The molecule has 0 bridgehead atoms. The zero-order valence-corrected chi connectivity index (χ0v) is 10.4. The lowest BCUT2D eigenvalue weighted by atomic mass is 10.2. The van der Waals surface area contributed by atoms with Crippen LogP contribution in [-0.4, -0.2) is 23.4 Å². The van der Waals surface area contributed by atoms with Crippen LogP contribution >= 0.6 is 15.9 Å². The zero-order chi connectivity index (χ0) is 11.3. The molecule has 2 fully saturated rings. The second-order valence-electron chi connectivity index (χ2n) is 4.62. The Morgan fingerprint density at radius 2 is 2.31 bits per heavy atom. The van der Waals surface area contributed by atoms with Gasteiger partial charge in [0.05, 0.1) is 5.92 Å². The molecule has 0 aromatic heterocycles. The summed E-state index contributed by atoms with van der Waals surface area (Å²) in [5, 5.41) is 0. The summed E-state index contributed by atoms with van der Waals surface area (Å²) in [5.74, 6) is 0.768. The molecule has 1 aromatic carbocycles. The van der Waals surface area contributed by atoms with Gasteiger partial charge in [-0.1, -0.05) is 28.1 Å². The van der Waals surface area contributed by atoms with Gasteiger partial charge in [-0.05, 0) is 17.7 Å². The van der Waals surface area contributed by atoms with Crippen molar-refractivity contribution >= 4 is 21.8 Å². The van der Waals surface area contributed by atoms with Crippen LogP contribution in [0.1, 0.15) is 5.56 Å². The molecule has 3 unspecified atom stereocenters. The van der Waals surface area contributed by atoms with Gasteiger partial charge in [-0.3, -0.25) is 4.79 Å². The van der Waals surface area contributed by atoms with E-state index in [-0.39, 0.29) is 17.9 Å². The number of amides is 1. The number of nitrogens with zero attached hydrogens (tertiary/aromatic N) is 1. The molecule has 1 saturated carbocycles. The Labute approximate surface area is 103 Å². The van der Waals surface area contributed by atoms with E-state index in [4.69, 9.17) is 5.73 Å². The maximum Gasteiger partial charge on any atom is 0.227 e. The fourth-order valence-corrected chi connectivity index (χ4v) is 2.98. The van der Waals surface area contributed by atoms with Crippen LogP contribution in [0.4, 0.5) is 0 Å². The van der Waals surface area contributed by atoms with Crippen molar-refractivity contribution in [1.82, 2.24) is 4.90 Å². The van der Waals surface area contributed by atoms with Gasteiger partial charge in [-0.2, -0.15) is 0 Å². The number of hydrogen-bond donors (Lipinski definition) is 1. The predicted octanol–water partition coefficient (Wildman–Crippen LogP) is 1.36. The third-order valence-electron chi connectivity index (χ3n) is 3.52. The fourth-order valence-electron chi connectivity index (χ4n) is 2.54. The van der Waals surface area contributed by atoms with Gasteiger partial charge in [0.1, 0.15) is 0 Å². The van der Waals surface area contributed by atoms with E-state index in [0.29, 0.717) is 12.5 Å². The molecular weight excluding hydrogens is 268 g/mol.